The van der Waals surface area contributed by atoms with Crippen molar-refractivity contribution in [2.45, 2.75) is 6.92 Å². The number of hydrogen-bond donors (Lipinski definition) is 2. The molecule has 26 heavy (non-hydrogen) atoms. The number of rotatable bonds is 6. The zero-order valence-electron chi connectivity index (χ0n) is 13.7. The monoisotopic (exact) mass is 374 g/mol. The van der Waals surface area contributed by atoms with E-state index in [1.807, 2.05) is 0 Å². The largest absolute Gasteiger partial charge is 0.461 e. The summed E-state index contributed by atoms with van der Waals surface area (Å²) in [6.45, 7) is 1.55. The van der Waals surface area contributed by atoms with Crippen LogP contribution < -0.4 is 5.32 Å². The Balaban J connectivity index is 2.34. The van der Waals surface area contributed by atoms with Gasteiger partial charge in [0.05, 0.1) is 12.3 Å². The first-order valence-electron chi connectivity index (χ1n) is 7.57. The molecule has 0 heterocycles. The van der Waals surface area contributed by atoms with E-state index >= 15 is 0 Å². The van der Waals surface area contributed by atoms with Gasteiger partial charge >= 0.3 is 5.97 Å². The molecule has 0 saturated heterocycles. The number of anilines is 1. The minimum atomic E-state index is -1.09. The van der Waals surface area contributed by atoms with Crippen molar-refractivity contribution >= 4 is 40.7 Å². The van der Waals surface area contributed by atoms with E-state index < -0.39 is 17.6 Å². The highest BCUT2D eigenvalue weighted by atomic mass is 35.5. The third-order valence-electron chi connectivity index (χ3n) is 3.29. The molecule has 2 aromatic rings. The van der Waals surface area contributed by atoms with Crippen molar-refractivity contribution in [1.82, 2.24) is 0 Å². The summed E-state index contributed by atoms with van der Waals surface area (Å²) in [5, 5.41) is 14.2. The normalized spacial score (nSPS) is 10.9. The number of benzene rings is 2. The van der Waals surface area contributed by atoms with Gasteiger partial charge in [0.15, 0.2) is 5.78 Å². The molecule has 0 aliphatic carbocycles. The second kappa shape index (κ2) is 8.77. The predicted octanol–water partition coefficient (Wildman–Crippen LogP) is 2.90. The third kappa shape index (κ3) is 4.46. The van der Waals surface area contributed by atoms with Crippen molar-refractivity contribution in [3.63, 3.8) is 0 Å². The van der Waals surface area contributed by atoms with Crippen molar-refractivity contribution in [2.24, 2.45) is 5.16 Å². The van der Waals surface area contributed by atoms with Gasteiger partial charge in [0.25, 0.3) is 11.6 Å². The molecule has 2 N–H and O–H groups in total. The maximum absolute atomic E-state index is 12.7. The van der Waals surface area contributed by atoms with Gasteiger partial charge in [0.1, 0.15) is 0 Å². The molecule has 0 fully saturated rings. The van der Waals surface area contributed by atoms with Gasteiger partial charge in [0, 0.05) is 16.1 Å². The van der Waals surface area contributed by atoms with Crippen LogP contribution in [0, 0.1) is 0 Å². The van der Waals surface area contributed by atoms with Crippen LogP contribution in [-0.4, -0.2) is 35.2 Å². The minimum absolute atomic E-state index is 0.00379. The summed E-state index contributed by atoms with van der Waals surface area (Å²) in [7, 11) is 0. The van der Waals surface area contributed by atoms with Crippen molar-refractivity contribution < 1.29 is 24.3 Å². The Morgan fingerprint density at radius 3 is 2.46 bits per heavy atom. The first-order valence-corrected chi connectivity index (χ1v) is 7.95. The van der Waals surface area contributed by atoms with Gasteiger partial charge in [-0.25, -0.2) is 4.79 Å². The average Bonchev–Trinajstić information content (AvgIpc) is 2.64. The topological polar surface area (TPSA) is 105 Å². The fraction of sp³-hybridized carbons (Fsp3) is 0.111. The molecule has 1 amide bonds. The molecule has 0 unspecified atom stereocenters. The van der Waals surface area contributed by atoms with E-state index in [0.717, 1.165) is 0 Å². The Bertz CT molecular complexity index is 865. The van der Waals surface area contributed by atoms with Gasteiger partial charge in [-0.1, -0.05) is 47.1 Å². The van der Waals surface area contributed by atoms with Crippen molar-refractivity contribution in [3.8, 4) is 0 Å². The number of halogens is 1. The number of ketones is 1. The Morgan fingerprint density at radius 2 is 1.85 bits per heavy atom. The summed E-state index contributed by atoms with van der Waals surface area (Å²) in [4.78, 5) is 36.5. The SMILES string of the molecule is CCOC(=O)C(=NO)C(=O)Nc1ccc(Cl)cc1C(=O)c1ccccc1. The summed E-state index contributed by atoms with van der Waals surface area (Å²) < 4.78 is 4.64. The van der Waals surface area contributed by atoms with E-state index in [0.29, 0.717) is 10.6 Å². The van der Waals surface area contributed by atoms with Crippen LogP contribution in [0.4, 0.5) is 5.69 Å². The number of oxime groups is 1. The zero-order chi connectivity index (χ0) is 19.1. The van der Waals surface area contributed by atoms with Crippen LogP contribution in [0.1, 0.15) is 22.8 Å². The lowest BCUT2D eigenvalue weighted by Gasteiger charge is -2.11. The molecule has 0 aromatic heterocycles. The molecule has 0 atom stereocenters. The molecule has 0 saturated carbocycles. The highest BCUT2D eigenvalue weighted by Gasteiger charge is 2.24. The summed E-state index contributed by atoms with van der Waals surface area (Å²) >= 11 is 5.96. The van der Waals surface area contributed by atoms with E-state index in [1.165, 1.54) is 18.2 Å². The Hall–Kier alpha value is -3.19. The molecular formula is C18H15ClN2O5. The van der Waals surface area contributed by atoms with Crippen molar-refractivity contribution in [2.75, 3.05) is 11.9 Å². The van der Waals surface area contributed by atoms with Crippen molar-refractivity contribution in [1.29, 1.82) is 0 Å². The molecule has 0 spiro atoms. The van der Waals surface area contributed by atoms with E-state index in [1.54, 1.807) is 37.3 Å². The maximum Gasteiger partial charge on any atom is 0.366 e. The summed E-state index contributed by atoms with van der Waals surface area (Å²) in [5.74, 6) is -2.48. The predicted molar refractivity (Wildman–Crippen MR) is 95.8 cm³/mol. The molecule has 2 aromatic carbocycles. The Morgan fingerprint density at radius 1 is 1.15 bits per heavy atom. The molecule has 8 heteroatoms. The molecule has 2 rings (SSSR count). The number of esters is 1. The third-order valence-corrected chi connectivity index (χ3v) is 3.53. The van der Waals surface area contributed by atoms with Gasteiger partial charge in [-0.15, -0.1) is 0 Å². The van der Waals surface area contributed by atoms with Gasteiger partial charge in [0.2, 0.25) is 0 Å². The first-order chi connectivity index (χ1) is 12.5. The lowest BCUT2D eigenvalue weighted by molar-refractivity contribution is -0.135. The smallest absolute Gasteiger partial charge is 0.366 e. The molecule has 0 bridgehead atoms. The lowest BCUT2D eigenvalue weighted by Crippen LogP contribution is -2.32. The quantitative estimate of drug-likeness (QED) is 0.202. The van der Waals surface area contributed by atoms with Crippen LogP contribution in [0.15, 0.2) is 53.7 Å². The van der Waals surface area contributed by atoms with E-state index in [-0.39, 0.29) is 23.6 Å². The van der Waals surface area contributed by atoms with Crippen LogP contribution >= 0.6 is 11.6 Å². The summed E-state index contributed by atoms with van der Waals surface area (Å²) in [6.07, 6.45) is 0. The van der Waals surface area contributed by atoms with Crippen LogP contribution in [-0.2, 0) is 14.3 Å². The van der Waals surface area contributed by atoms with E-state index in [2.05, 4.69) is 15.2 Å². The van der Waals surface area contributed by atoms with Crippen LogP contribution in [0.25, 0.3) is 0 Å². The maximum atomic E-state index is 12.7. The fourth-order valence-electron chi connectivity index (χ4n) is 2.12. The molecule has 7 nitrogen and oxygen atoms in total. The Labute approximate surface area is 154 Å². The lowest BCUT2D eigenvalue weighted by atomic mass is 10.0. The molecular weight excluding hydrogens is 360 g/mol. The fourth-order valence-corrected chi connectivity index (χ4v) is 2.29. The van der Waals surface area contributed by atoms with Gasteiger partial charge in [-0.2, -0.15) is 0 Å². The number of amides is 1. The van der Waals surface area contributed by atoms with Gasteiger partial charge < -0.3 is 15.3 Å². The zero-order valence-corrected chi connectivity index (χ0v) is 14.5. The number of ether oxygens (including phenoxy) is 1. The van der Waals surface area contributed by atoms with Gasteiger partial charge in [-0.3, -0.25) is 9.59 Å². The number of hydrogen-bond acceptors (Lipinski definition) is 6. The highest BCUT2D eigenvalue weighted by Crippen LogP contribution is 2.24. The Kier molecular flexibility index (Phi) is 6.46. The second-order valence-electron chi connectivity index (χ2n) is 5.01. The molecule has 0 aliphatic rings. The van der Waals surface area contributed by atoms with Crippen LogP contribution in [0.2, 0.25) is 5.02 Å². The average molecular weight is 375 g/mol. The summed E-state index contributed by atoms with van der Waals surface area (Å²) in [5.41, 5.74) is -0.205. The summed E-state index contributed by atoms with van der Waals surface area (Å²) in [6, 6.07) is 12.7. The second-order valence-corrected chi connectivity index (χ2v) is 5.44. The number of carbonyl (C=O) groups is 3. The molecule has 0 aliphatic heterocycles. The first kappa shape index (κ1) is 19.1. The number of carbonyl (C=O) groups excluding carboxylic acids is 3. The number of nitrogens with zero attached hydrogens (tertiary/aromatic N) is 1. The van der Waals surface area contributed by atoms with Crippen molar-refractivity contribution in [3.05, 3.63) is 64.7 Å². The molecule has 134 valence electrons. The molecule has 0 radical (unpaired) electrons. The minimum Gasteiger partial charge on any atom is -0.461 e. The van der Waals surface area contributed by atoms with E-state index in [9.17, 15) is 14.4 Å². The van der Waals surface area contributed by atoms with Gasteiger partial charge in [-0.05, 0) is 25.1 Å². The van der Waals surface area contributed by atoms with E-state index in [4.69, 9.17) is 16.8 Å². The van der Waals surface area contributed by atoms with Crippen LogP contribution in [0.5, 0.6) is 0 Å². The number of nitrogens with one attached hydrogen (secondary N) is 1. The standard InChI is InChI=1S/C18H15ClN2O5/c1-2-26-18(24)15(21-25)17(23)20-14-9-8-12(19)10-13(14)16(22)11-6-4-3-5-7-11/h3-10,25H,2H2,1H3,(H,20,23). The van der Waals surface area contributed by atoms with Crippen LogP contribution in [0.3, 0.4) is 0 Å². The highest BCUT2D eigenvalue weighted by molar-refractivity contribution is 6.66.